The van der Waals surface area contributed by atoms with Crippen LogP contribution in [0.1, 0.15) is 44.5 Å². The van der Waals surface area contributed by atoms with Crippen LogP contribution in [0.5, 0.6) is 0 Å². The quantitative estimate of drug-likeness (QED) is 0.853. The number of aromatic amines is 1. The van der Waals surface area contributed by atoms with E-state index in [4.69, 9.17) is 4.74 Å². The number of tetrazole rings is 1. The third-order valence-electron chi connectivity index (χ3n) is 2.88. The minimum atomic E-state index is -0.494. The second-order valence-electron chi connectivity index (χ2n) is 5.95. The molecule has 0 aliphatic carbocycles. The number of hydrogen-bond acceptors (Lipinski definition) is 5. The van der Waals surface area contributed by atoms with Gasteiger partial charge in [-0.3, -0.25) is 4.79 Å². The van der Waals surface area contributed by atoms with Gasteiger partial charge in [0.1, 0.15) is 5.60 Å². The van der Waals surface area contributed by atoms with Crippen molar-refractivity contribution in [2.24, 2.45) is 0 Å². The van der Waals surface area contributed by atoms with Crippen LogP contribution in [-0.4, -0.2) is 32.2 Å². The molecule has 112 valence electrons. The van der Waals surface area contributed by atoms with Gasteiger partial charge in [0.25, 0.3) is 0 Å². The van der Waals surface area contributed by atoms with Crippen LogP contribution in [0.25, 0.3) is 0 Å². The Hall–Kier alpha value is -2.24. The number of benzene rings is 1. The van der Waals surface area contributed by atoms with Gasteiger partial charge < -0.3 is 4.74 Å². The third-order valence-corrected chi connectivity index (χ3v) is 2.88. The van der Waals surface area contributed by atoms with Gasteiger partial charge in [-0.15, -0.1) is 10.2 Å². The molecule has 2 aromatic rings. The van der Waals surface area contributed by atoms with Crippen molar-refractivity contribution >= 4 is 5.97 Å². The molecule has 0 fully saturated rings. The molecule has 0 unspecified atom stereocenters. The summed E-state index contributed by atoms with van der Waals surface area (Å²) in [6.45, 7) is 5.56. The molecule has 0 aliphatic rings. The summed E-state index contributed by atoms with van der Waals surface area (Å²) in [5.74, 6) is 0.124. The summed E-state index contributed by atoms with van der Waals surface area (Å²) in [7, 11) is 0. The van der Waals surface area contributed by atoms with Gasteiger partial charge in [0.2, 0.25) is 0 Å². The molecule has 1 aromatic heterocycles. The predicted octanol–water partition coefficient (Wildman–Crippen LogP) is 2.26. The van der Waals surface area contributed by atoms with Crippen LogP contribution in [0.2, 0.25) is 0 Å². The van der Waals surface area contributed by atoms with Gasteiger partial charge in [0, 0.05) is 5.92 Å². The Morgan fingerprint density at radius 3 is 2.57 bits per heavy atom. The molecular weight excluding hydrogens is 268 g/mol. The van der Waals surface area contributed by atoms with Crippen molar-refractivity contribution in [1.82, 2.24) is 20.6 Å². The molecule has 0 spiro atoms. The lowest BCUT2D eigenvalue weighted by atomic mass is 9.95. The molecule has 1 aromatic carbocycles. The van der Waals surface area contributed by atoms with Crippen molar-refractivity contribution in [2.45, 2.75) is 45.1 Å². The first kappa shape index (κ1) is 15.2. The summed E-state index contributed by atoms with van der Waals surface area (Å²) in [6, 6.07) is 9.93. The fourth-order valence-corrected chi connectivity index (χ4v) is 2.08. The summed E-state index contributed by atoms with van der Waals surface area (Å²) in [4.78, 5) is 12.0. The molecule has 6 nitrogen and oxygen atoms in total. The summed E-state index contributed by atoms with van der Waals surface area (Å²) >= 11 is 0. The number of rotatable bonds is 5. The zero-order valence-electron chi connectivity index (χ0n) is 12.5. The summed E-state index contributed by atoms with van der Waals surface area (Å²) < 4.78 is 5.38. The van der Waals surface area contributed by atoms with Gasteiger partial charge in [0.15, 0.2) is 5.82 Å². The molecule has 1 heterocycles. The van der Waals surface area contributed by atoms with Gasteiger partial charge >= 0.3 is 5.97 Å². The van der Waals surface area contributed by atoms with E-state index < -0.39 is 5.60 Å². The van der Waals surface area contributed by atoms with E-state index in [0.29, 0.717) is 12.2 Å². The average molecular weight is 288 g/mol. The Labute approximate surface area is 123 Å². The van der Waals surface area contributed by atoms with E-state index in [2.05, 4.69) is 20.6 Å². The molecule has 21 heavy (non-hydrogen) atoms. The lowest BCUT2D eigenvalue weighted by Crippen LogP contribution is -2.25. The van der Waals surface area contributed by atoms with Crippen LogP contribution in [0.3, 0.4) is 0 Å². The topological polar surface area (TPSA) is 80.8 Å². The summed E-state index contributed by atoms with van der Waals surface area (Å²) in [6.07, 6.45) is 0.894. The smallest absolute Gasteiger partial charge is 0.307 e. The number of H-pyrrole nitrogens is 1. The fourth-order valence-electron chi connectivity index (χ4n) is 2.08. The van der Waals surface area contributed by atoms with E-state index in [0.717, 1.165) is 5.56 Å². The van der Waals surface area contributed by atoms with Gasteiger partial charge in [0.05, 0.1) is 6.42 Å². The highest BCUT2D eigenvalue weighted by atomic mass is 16.6. The molecule has 0 amide bonds. The number of nitrogens with one attached hydrogen (secondary N) is 1. The van der Waals surface area contributed by atoms with Crippen LogP contribution in [0.4, 0.5) is 0 Å². The fraction of sp³-hybridized carbons (Fsp3) is 0.467. The number of nitrogens with zero attached hydrogens (tertiary/aromatic N) is 3. The molecule has 6 heteroatoms. The molecule has 0 bridgehead atoms. The largest absolute Gasteiger partial charge is 0.460 e. The van der Waals surface area contributed by atoms with Crippen LogP contribution < -0.4 is 0 Å². The lowest BCUT2D eigenvalue weighted by molar-refractivity contribution is -0.155. The second-order valence-corrected chi connectivity index (χ2v) is 5.95. The molecule has 0 aliphatic heterocycles. The molecule has 0 radical (unpaired) electrons. The maximum Gasteiger partial charge on any atom is 0.307 e. The molecular formula is C15H20N4O2. The van der Waals surface area contributed by atoms with E-state index in [1.165, 1.54) is 0 Å². The summed E-state index contributed by atoms with van der Waals surface area (Å²) in [5.41, 5.74) is 0.627. The first-order valence-electron chi connectivity index (χ1n) is 6.93. The van der Waals surface area contributed by atoms with E-state index in [1.807, 2.05) is 51.1 Å². The Morgan fingerprint density at radius 2 is 2.00 bits per heavy atom. The zero-order chi connectivity index (χ0) is 15.3. The molecule has 1 N–H and O–H groups in total. The maximum absolute atomic E-state index is 12.0. The Balaban J connectivity index is 2.08. The number of aromatic nitrogens is 4. The van der Waals surface area contributed by atoms with Crippen molar-refractivity contribution in [3.8, 4) is 0 Å². The Kier molecular flexibility index (Phi) is 4.67. The van der Waals surface area contributed by atoms with Gasteiger partial charge in [-0.05, 0) is 32.8 Å². The maximum atomic E-state index is 12.0. The van der Waals surface area contributed by atoms with Crippen molar-refractivity contribution in [3.05, 3.63) is 41.7 Å². The molecule has 2 rings (SSSR count). The van der Waals surface area contributed by atoms with E-state index in [-0.39, 0.29) is 18.3 Å². The van der Waals surface area contributed by atoms with Gasteiger partial charge in [-0.1, -0.05) is 35.5 Å². The van der Waals surface area contributed by atoms with E-state index in [9.17, 15) is 4.79 Å². The number of carbonyl (C=O) groups excluding carboxylic acids is 1. The van der Waals surface area contributed by atoms with Crippen LogP contribution in [0.15, 0.2) is 30.3 Å². The highest BCUT2D eigenvalue weighted by Crippen LogP contribution is 2.22. The van der Waals surface area contributed by atoms with Crippen molar-refractivity contribution in [1.29, 1.82) is 0 Å². The minimum Gasteiger partial charge on any atom is -0.460 e. The number of carbonyl (C=O) groups is 1. The number of hydrogen-bond donors (Lipinski definition) is 1. The first-order valence-corrected chi connectivity index (χ1v) is 6.93. The third kappa shape index (κ3) is 4.98. The number of ether oxygens (including phenoxy) is 1. The van der Waals surface area contributed by atoms with Crippen LogP contribution in [0, 0.1) is 0 Å². The van der Waals surface area contributed by atoms with Crippen LogP contribution >= 0.6 is 0 Å². The monoisotopic (exact) mass is 288 g/mol. The van der Waals surface area contributed by atoms with Crippen molar-refractivity contribution in [2.75, 3.05) is 0 Å². The SMILES string of the molecule is CC(C)(C)OC(=O)C[C@@H](Cc1ccccc1)c1nn[nH]n1. The summed E-state index contributed by atoms with van der Waals surface area (Å²) in [5, 5.41) is 14.0. The molecule has 1 atom stereocenters. The van der Waals surface area contributed by atoms with E-state index >= 15 is 0 Å². The highest BCUT2D eigenvalue weighted by Gasteiger charge is 2.24. The predicted molar refractivity (Wildman–Crippen MR) is 77.5 cm³/mol. The highest BCUT2D eigenvalue weighted by molar-refractivity contribution is 5.70. The molecule has 0 saturated carbocycles. The minimum absolute atomic E-state index is 0.152. The Bertz CT molecular complexity index is 561. The number of esters is 1. The first-order chi connectivity index (χ1) is 9.94. The molecule has 0 saturated heterocycles. The average Bonchev–Trinajstić information content (AvgIpc) is 2.90. The van der Waals surface area contributed by atoms with E-state index in [1.54, 1.807) is 0 Å². The van der Waals surface area contributed by atoms with Crippen molar-refractivity contribution < 1.29 is 9.53 Å². The van der Waals surface area contributed by atoms with Gasteiger partial charge in [-0.2, -0.15) is 5.21 Å². The standard InChI is InChI=1S/C15H20N4O2/c1-15(2,3)21-13(20)10-12(14-16-18-19-17-14)9-11-7-5-4-6-8-11/h4-8,12H,9-10H2,1-3H3,(H,16,17,18,19)/t12-/m1/s1. The Morgan fingerprint density at radius 1 is 1.29 bits per heavy atom. The second kappa shape index (κ2) is 6.47. The van der Waals surface area contributed by atoms with Crippen LogP contribution in [-0.2, 0) is 16.0 Å². The van der Waals surface area contributed by atoms with Gasteiger partial charge in [-0.25, -0.2) is 0 Å². The lowest BCUT2D eigenvalue weighted by Gasteiger charge is -2.21. The zero-order valence-corrected chi connectivity index (χ0v) is 12.5. The normalized spacial score (nSPS) is 12.9. The van der Waals surface area contributed by atoms with Crippen molar-refractivity contribution in [3.63, 3.8) is 0 Å².